The molecule has 3 heterocycles. The van der Waals surface area contributed by atoms with Crippen molar-refractivity contribution >= 4 is 9.84 Å². The van der Waals surface area contributed by atoms with Crippen LogP contribution in [-0.4, -0.2) is 45.9 Å². The molecule has 0 radical (unpaired) electrons. The predicted molar refractivity (Wildman–Crippen MR) is 102 cm³/mol. The molecule has 0 aliphatic carbocycles. The third-order valence-corrected chi connectivity index (χ3v) is 5.83. The Hall–Kier alpha value is -2.00. The summed E-state index contributed by atoms with van der Waals surface area (Å²) < 4.78 is 25.4. The van der Waals surface area contributed by atoms with Crippen LogP contribution in [-0.2, 0) is 34.9 Å². The van der Waals surface area contributed by atoms with Crippen molar-refractivity contribution in [3.05, 3.63) is 38.6 Å². The van der Waals surface area contributed by atoms with Crippen molar-refractivity contribution in [2.24, 2.45) is 0 Å². The Bertz CT molecular complexity index is 1040. The van der Waals surface area contributed by atoms with Crippen molar-refractivity contribution in [1.29, 1.82) is 0 Å². The Morgan fingerprint density at radius 2 is 1.89 bits per heavy atom. The maximum atomic E-state index is 12.4. The van der Waals surface area contributed by atoms with Gasteiger partial charge < -0.3 is 0 Å². The van der Waals surface area contributed by atoms with Gasteiger partial charge >= 0.3 is 0 Å². The van der Waals surface area contributed by atoms with Gasteiger partial charge in [-0.1, -0.05) is 0 Å². The summed E-state index contributed by atoms with van der Waals surface area (Å²) in [5.74, 6) is 0. The molecular formula is C18H27N5O3S. The second-order valence-corrected chi connectivity index (χ2v) is 10.2. The minimum absolute atomic E-state index is 0.0926. The number of fused-ring (bicyclic) bond motifs is 1. The highest BCUT2D eigenvalue weighted by Crippen LogP contribution is 2.24. The van der Waals surface area contributed by atoms with Crippen molar-refractivity contribution in [2.45, 2.75) is 64.8 Å². The van der Waals surface area contributed by atoms with E-state index in [1.54, 1.807) is 0 Å². The summed E-state index contributed by atoms with van der Waals surface area (Å²) in [7, 11) is -3.53. The Morgan fingerprint density at radius 1 is 1.22 bits per heavy atom. The Balaban J connectivity index is 1.88. The third-order valence-electron chi connectivity index (χ3n) is 4.94. The number of nitrogens with zero attached hydrogens (tertiary/aromatic N) is 4. The largest absolute Gasteiger partial charge is 0.297 e. The molecule has 3 rings (SSSR count). The molecule has 0 spiro atoms. The Kier molecular flexibility index (Phi) is 4.80. The fourth-order valence-electron chi connectivity index (χ4n) is 3.55. The molecule has 0 bridgehead atoms. The van der Waals surface area contributed by atoms with Gasteiger partial charge in [-0.15, -0.1) is 0 Å². The van der Waals surface area contributed by atoms with E-state index in [0.29, 0.717) is 37.3 Å². The van der Waals surface area contributed by atoms with Crippen LogP contribution in [0.25, 0.3) is 0 Å². The van der Waals surface area contributed by atoms with E-state index in [4.69, 9.17) is 5.10 Å². The van der Waals surface area contributed by atoms with Crippen LogP contribution in [0.5, 0.6) is 0 Å². The molecule has 0 amide bonds. The van der Waals surface area contributed by atoms with Gasteiger partial charge in [0.1, 0.15) is 0 Å². The molecule has 8 nitrogen and oxygen atoms in total. The van der Waals surface area contributed by atoms with Crippen LogP contribution < -0.4 is 5.56 Å². The van der Waals surface area contributed by atoms with E-state index in [1.807, 2.05) is 11.6 Å². The van der Waals surface area contributed by atoms with Gasteiger partial charge in [-0.2, -0.15) is 5.10 Å². The minimum atomic E-state index is -3.53. The lowest BCUT2D eigenvalue weighted by molar-refractivity contribution is 0.239. The molecule has 0 aromatic carbocycles. The molecule has 0 fully saturated rings. The SMILES string of the molecule is Cc1nn(C(C)(C)C)c(C)c1CN1CCc2nc(S(C)(=O)=O)[nH]c(=O)c2C1. The average molecular weight is 394 g/mol. The molecule has 0 unspecified atom stereocenters. The number of sulfone groups is 1. The summed E-state index contributed by atoms with van der Waals surface area (Å²) in [5, 5.41) is 4.44. The summed E-state index contributed by atoms with van der Waals surface area (Å²) in [6.45, 7) is 12.3. The maximum absolute atomic E-state index is 12.4. The van der Waals surface area contributed by atoms with Gasteiger partial charge in [-0.3, -0.25) is 19.4 Å². The first-order chi connectivity index (χ1) is 12.4. The summed E-state index contributed by atoms with van der Waals surface area (Å²) in [4.78, 5) is 21.2. The minimum Gasteiger partial charge on any atom is -0.297 e. The van der Waals surface area contributed by atoms with Gasteiger partial charge in [-0.25, -0.2) is 13.4 Å². The van der Waals surface area contributed by atoms with E-state index < -0.39 is 9.84 Å². The summed E-state index contributed by atoms with van der Waals surface area (Å²) >= 11 is 0. The van der Waals surface area contributed by atoms with Crippen molar-refractivity contribution < 1.29 is 8.42 Å². The highest BCUT2D eigenvalue weighted by molar-refractivity contribution is 7.90. The zero-order valence-electron chi connectivity index (χ0n) is 16.8. The molecule has 9 heteroatoms. The van der Waals surface area contributed by atoms with Crippen molar-refractivity contribution in [1.82, 2.24) is 24.6 Å². The number of hydrogen-bond donors (Lipinski definition) is 1. The number of H-pyrrole nitrogens is 1. The molecule has 2 aromatic heterocycles. The zero-order chi connectivity index (χ0) is 20.1. The fraction of sp³-hybridized carbons (Fsp3) is 0.611. The van der Waals surface area contributed by atoms with Gasteiger partial charge in [0, 0.05) is 43.6 Å². The average Bonchev–Trinajstić information content (AvgIpc) is 2.82. The first-order valence-corrected chi connectivity index (χ1v) is 10.9. The fourth-order valence-corrected chi connectivity index (χ4v) is 4.10. The number of nitrogens with one attached hydrogen (secondary N) is 1. The number of rotatable bonds is 3. The first kappa shape index (κ1) is 19.8. The number of aryl methyl sites for hydroxylation is 1. The van der Waals surface area contributed by atoms with Crippen molar-refractivity contribution in [3.63, 3.8) is 0 Å². The van der Waals surface area contributed by atoms with Crippen LogP contribution in [0, 0.1) is 13.8 Å². The summed E-state index contributed by atoms with van der Waals surface area (Å²) in [5.41, 5.74) is 3.96. The van der Waals surface area contributed by atoms with Gasteiger partial charge in [0.2, 0.25) is 15.0 Å². The van der Waals surface area contributed by atoms with Gasteiger partial charge in [0.05, 0.1) is 22.5 Å². The van der Waals surface area contributed by atoms with E-state index >= 15 is 0 Å². The Morgan fingerprint density at radius 3 is 2.44 bits per heavy atom. The topological polar surface area (TPSA) is 101 Å². The second kappa shape index (κ2) is 6.56. The van der Waals surface area contributed by atoms with E-state index in [2.05, 4.69) is 42.6 Å². The Labute approximate surface area is 159 Å². The van der Waals surface area contributed by atoms with Gasteiger partial charge in [0.25, 0.3) is 5.56 Å². The van der Waals surface area contributed by atoms with E-state index in [9.17, 15) is 13.2 Å². The van der Waals surface area contributed by atoms with Gasteiger partial charge in [-0.05, 0) is 34.6 Å². The molecule has 0 saturated carbocycles. The first-order valence-electron chi connectivity index (χ1n) is 8.98. The van der Waals surface area contributed by atoms with Crippen molar-refractivity contribution in [3.8, 4) is 0 Å². The molecule has 27 heavy (non-hydrogen) atoms. The molecular weight excluding hydrogens is 366 g/mol. The lowest BCUT2D eigenvalue weighted by Gasteiger charge is -2.28. The second-order valence-electron chi connectivity index (χ2n) is 8.26. The number of aromatic nitrogens is 4. The normalized spacial score (nSPS) is 15.8. The number of aromatic amines is 1. The predicted octanol–water partition coefficient (Wildman–Crippen LogP) is 1.30. The van der Waals surface area contributed by atoms with Gasteiger partial charge in [0.15, 0.2) is 0 Å². The van der Waals surface area contributed by atoms with E-state index in [1.165, 1.54) is 5.56 Å². The van der Waals surface area contributed by atoms with E-state index in [0.717, 1.165) is 17.6 Å². The lowest BCUT2D eigenvalue weighted by atomic mass is 10.1. The van der Waals surface area contributed by atoms with Crippen LogP contribution in [0.1, 0.15) is 49.0 Å². The third kappa shape index (κ3) is 3.84. The zero-order valence-corrected chi connectivity index (χ0v) is 17.6. The lowest BCUT2D eigenvalue weighted by Crippen LogP contribution is -2.36. The molecule has 1 aliphatic rings. The number of hydrogen-bond acceptors (Lipinski definition) is 6. The van der Waals surface area contributed by atoms with Crippen LogP contribution in [0.4, 0.5) is 0 Å². The molecule has 1 aliphatic heterocycles. The molecule has 2 aromatic rings. The molecule has 0 saturated heterocycles. The van der Waals surface area contributed by atoms with Crippen LogP contribution >= 0.6 is 0 Å². The summed E-state index contributed by atoms with van der Waals surface area (Å²) in [6, 6.07) is 0. The highest BCUT2D eigenvalue weighted by Gasteiger charge is 2.26. The van der Waals surface area contributed by atoms with Crippen molar-refractivity contribution in [2.75, 3.05) is 12.8 Å². The van der Waals surface area contributed by atoms with Crippen LogP contribution in [0.3, 0.4) is 0 Å². The van der Waals surface area contributed by atoms with Crippen LogP contribution in [0.15, 0.2) is 9.95 Å². The molecule has 0 atom stereocenters. The quantitative estimate of drug-likeness (QED) is 0.789. The van der Waals surface area contributed by atoms with E-state index in [-0.39, 0.29) is 16.3 Å². The molecule has 148 valence electrons. The highest BCUT2D eigenvalue weighted by atomic mass is 32.2. The van der Waals surface area contributed by atoms with Crippen LogP contribution in [0.2, 0.25) is 0 Å². The molecule has 1 N–H and O–H groups in total. The summed E-state index contributed by atoms with van der Waals surface area (Å²) in [6.07, 6.45) is 1.60. The smallest absolute Gasteiger partial charge is 0.256 e. The maximum Gasteiger partial charge on any atom is 0.256 e. The standard InChI is InChI=1S/C18H27N5O3S/c1-11-13(12(2)23(21-11)18(3,4)5)9-22-8-7-15-14(10-22)16(24)20-17(19-15)27(6,25)26/h7-10H2,1-6H3,(H,19,20,24). The monoisotopic (exact) mass is 393 g/mol.